The summed E-state index contributed by atoms with van der Waals surface area (Å²) < 4.78 is 15.3. The lowest BCUT2D eigenvalue weighted by Gasteiger charge is -1.89. The largest absolute Gasteiger partial charge is 0.350 e. The highest BCUT2D eigenvalue weighted by Gasteiger charge is 2.57. The van der Waals surface area contributed by atoms with E-state index < -0.39 is 0 Å². The highest BCUT2D eigenvalue weighted by Crippen LogP contribution is 2.40. The quantitative estimate of drug-likeness (QED) is 0.455. The van der Waals surface area contributed by atoms with Crippen molar-refractivity contribution < 1.29 is 14.2 Å². The number of halogens is 1. The molecule has 2 rings (SSSR count). The van der Waals surface area contributed by atoms with Crippen LogP contribution in [0.2, 0.25) is 0 Å². The van der Waals surface area contributed by atoms with E-state index in [9.17, 15) is 0 Å². The van der Waals surface area contributed by atoms with Gasteiger partial charge in [-0.25, -0.2) is 0 Å². The van der Waals surface area contributed by atoms with Crippen molar-refractivity contribution >= 4 is 11.6 Å². The molecule has 58 valence electrons. The molecule has 0 aromatic heterocycles. The minimum atomic E-state index is -0.143. The predicted octanol–water partition coefficient (Wildman–Crippen LogP) is 0.711. The number of hydrogen-bond donors (Lipinski definition) is 0. The molecule has 4 heteroatoms. The van der Waals surface area contributed by atoms with E-state index in [0.29, 0.717) is 6.61 Å². The van der Waals surface area contributed by atoms with Crippen molar-refractivity contribution in [2.75, 3.05) is 6.61 Å². The van der Waals surface area contributed by atoms with Crippen LogP contribution in [0.1, 0.15) is 6.92 Å². The maximum atomic E-state index is 5.59. The van der Waals surface area contributed by atoms with Gasteiger partial charge in [0.15, 0.2) is 11.9 Å². The van der Waals surface area contributed by atoms with Crippen molar-refractivity contribution in [2.24, 2.45) is 0 Å². The summed E-state index contributed by atoms with van der Waals surface area (Å²) in [6, 6.07) is 0. The van der Waals surface area contributed by atoms with Gasteiger partial charge in [-0.05, 0) is 6.92 Å². The highest BCUT2D eigenvalue weighted by atomic mass is 35.5. The third kappa shape index (κ3) is 1.14. The zero-order valence-corrected chi connectivity index (χ0v) is 6.38. The molecule has 2 heterocycles. The van der Waals surface area contributed by atoms with Crippen LogP contribution < -0.4 is 0 Å². The van der Waals surface area contributed by atoms with Gasteiger partial charge in [-0.1, -0.05) is 11.6 Å². The fraction of sp³-hybridized carbons (Fsp3) is 1.00. The molecule has 2 fully saturated rings. The number of alkyl halides is 1. The van der Waals surface area contributed by atoms with Crippen LogP contribution in [-0.2, 0) is 14.2 Å². The normalized spacial score (nSPS) is 51.0. The monoisotopic (exact) mass is 164 g/mol. The summed E-state index contributed by atoms with van der Waals surface area (Å²) in [4.78, 5) is 0. The molecule has 0 saturated carbocycles. The molecule has 0 aromatic rings. The second-order valence-corrected chi connectivity index (χ2v) is 2.81. The fourth-order valence-corrected chi connectivity index (χ4v) is 1.23. The van der Waals surface area contributed by atoms with Gasteiger partial charge in [-0.15, -0.1) is 0 Å². The summed E-state index contributed by atoms with van der Waals surface area (Å²) in [6.45, 7) is 2.62. The van der Waals surface area contributed by atoms with E-state index in [0.717, 1.165) is 0 Å². The van der Waals surface area contributed by atoms with Crippen molar-refractivity contribution in [3.63, 3.8) is 0 Å². The maximum Gasteiger partial charge on any atom is 0.187 e. The molecule has 3 nitrogen and oxygen atoms in total. The first kappa shape index (κ1) is 6.85. The summed E-state index contributed by atoms with van der Waals surface area (Å²) in [7, 11) is 0. The van der Waals surface area contributed by atoms with Gasteiger partial charge in [0.05, 0.1) is 0 Å². The lowest BCUT2D eigenvalue weighted by atomic mass is 10.3. The Bertz CT molecular complexity index is 141. The summed E-state index contributed by atoms with van der Waals surface area (Å²) >= 11 is 5.59. The SMILES string of the molecule is CCOC1OC1C1OC1Cl. The summed E-state index contributed by atoms with van der Waals surface area (Å²) in [5, 5.41) is 0. The summed E-state index contributed by atoms with van der Waals surface area (Å²) in [5.74, 6) is 0. The molecule has 4 atom stereocenters. The van der Waals surface area contributed by atoms with Crippen LogP contribution in [0.4, 0.5) is 0 Å². The molecule has 0 N–H and O–H groups in total. The van der Waals surface area contributed by atoms with Gasteiger partial charge in [-0.2, -0.15) is 0 Å². The van der Waals surface area contributed by atoms with Gasteiger partial charge in [-0.3, -0.25) is 0 Å². The minimum Gasteiger partial charge on any atom is -0.350 e. The van der Waals surface area contributed by atoms with Gasteiger partial charge in [0.1, 0.15) is 12.2 Å². The topological polar surface area (TPSA) is 34.3 Å². The van der Waals surface area contributed by atoms with E-state index in [1.54, 1.807) is 0 Å². The molecule has 0 spiro atoms. The molecule has 4 unspecified atom stereocenters. The summed E-state index contributed by atoms with van der Waals surface area (Å²) in [5.41, 5.74) is -0.143. The Balaban J connectivity index is 1.70. The van der Waals surface area contributed by atoms with Crippen LogP contribution >= 0.6 is 11.6 Å². The van der Waals surface area contributed by atoms with Crippen molar-refractivity contribution in [1.29, 1.82) is 0 Å². The molecular formula is C6H9ClO3. The molecule has 0 aromatic carbocycles. The number of ether oxygens (including phenoxy) is 3. The average molecular weight is 165 g/mol. The molecule has 2 aliphatic rings. The number of epoxide rings is 2. The molecule has 0 bridgehead atoms. The first-order valence-corrected chi connectivity index (χ1v) is 3.83. The number of hydrogen-bond acceptors (Lipinski definition) is 3. The molecule has 2 aliphatic heterocycles. The van der Waals surface area contributed by atoms with Crippen LogP contribution in [-0.4, -0.2) is 30.7 Å². The van der Waals surface area contributed by atoms with Crippen LogP contribution in [0.3, 0.4) is 0 Å². The van der Waals surface area contributed by atoms with Crippen LogP contribution in [0.15, 0.2) is 0 Å². The van der Waals surface area contributed by atoms with Gasteiger partial charge in [0, 0.05) is 6.61 Å². The van der Waals surface area contributed by atoms with Gasteiger partial charge in [0.25, 0.3) is 0 Å². The van der Waals surface area contributed by atoms with Crippen molar-refractivity contribution in [2.45, 2.75) is 31.0 Å². The van der Waals surface area contributed by atoms with Crippen molar-refractivity contribution in [1.82, 2.24) is 0 Å². The molecule has 10 heavy (non-hydrogen) atoms. The maximum absolute atomic E-state index is 5.59. The van der Waals surface area contributed by atoms with E-state index in [2.05, 4.69) is 0 Å². The van der Waals surface area contributed by atoms with Gasteiger partial charge >= 0.3 is 0 Å². The first-order chi connectivity index (χ1) is 4.83. The molecule has 0 radical (unpaired) electrons. The Labute approximate surface area is 64.2 Å². The third-order valence-corrected chi connectivity index (χ3v) is 1.96. The second kappa shape index (κ2) is 2.34. The fourth-order valence-electron chi connectivity index (χ4n) is 0.972. The standard InChI is InChI=1S/C6H9ClO3/c1-2-8-6-4(10-6)3-5(7)9-3/h3-6H,2H2,1H3. The average Bonchev–Trinajstić information content (AvgIpc) is 2.70. The zero-order chi connectivity index (χ0) is 7.14. The third-order valence-electron chi connectivity index (χ3n) is 1.61. The lowest BCUT2D eigenvalue weighted by molar-refractivity contribution is 0.0593. The lowest BCUT2D eigenvalue weighted by Crippen LogP contribution is -2.06. The molecule has 2 saturated heterocycles. The smallest absolute Gasteiger partial charge is 0.187 e. The van der Waals surface area contributed by atoms with Crippen LogP contribution in [0, 0.1) is 0 Å². The Morgan fingerprint density at radius 2 is 2.10 bits per heavy atom. The Morgan fingerprint density at radius 1 is 1.40 bits per heavy atom. The van der Waals surface area contributed by atoms with E-state index in [1.807, 2.05) is 6.92 Å². The predicted molar refractivity (Wildman–Crippen MR) is 34.8 cm³/mol. The number of rotatable bonds is 3. The zero-order valence-electron chi connectivity index (χ0n) is 5.62. The Morgan fingerprint density at radius 3 is 2.60 bits per heavy atom. The molecule has 0 aliphatic carbocycles. The minimum absolute atomic E-state index is 0.0567. The van der Waals surface area contributed by atoms with Gasteiger partial charge in [0.2, 0.25) is 0 Å². The Kier molecular flexibility index (Phi) is 1.60. The molecule has 0 amide bonds. The van der Waals surface area contributed by atoms with Crippen LogP contribution in [0.25, 0.3) is 0 Å². The van der Waals surface area contributed by atoms with E-state index in [4.69, 9.17) is 25.8 Å². The van der Waals surface area contributed by atoms with Crippen LogP contribution in [0.5, 0.6) is 0 Å². The van der Waals surface area contributed by atoms with E-state index in [-0.39, 0.29) is 24.1 Å². The van der Waals surface area contributed by atoms with Crippen molar-refractivity contribution in [3.8, 4) is 0 Å². The molecular weight excluding hydrogens is 156 g/mol. The van der Waals surface area contributed by atoms with E-state index >= 15 is 0 Å². The van der Waals surface area contributed by atoms with Gasteiger partial charge < -0.3 is 14.2 Å². The Hall–Kier alpha value is 0.170. The second-order valence-electron chi connectivity index (χ2n) is 2.38. The highest BCUT2D eigenvalue weighted by molar-refractivity contribution is 6.21. The van der Waals surface area contributed by atoms with Crippen molar-refractivity contribution in [3.05, 3.63) is 0 Å². The summed E-state index contributed by atoms with van der Waals surface area (Å²) in [6.07, 6.45) is 0.124. The van der Waals surface area contributed by atoms with E-state index in [1.165, 1.54) is 0 Å². The first-order valence-electron chi connectivity index (χ1n) is 3.39.